The van der Waals surface area contributed by atoms with Gasteiger partial charge in [0.1, 0.15) is 0 Å². The number of hydrogen-bond acceptors (Lipinski definition) is 4. The van der Waals surface area contributed by atoms with Crippen LogP contribution < -0.4 is 10.2 Å². The number of carbonyl (C=O) groups excluding carboxylic acids is 1. The highest BCUT2D eigenvalue weighted by Crippen LogP contribution is 2.31. The van der Waals surface area contributed by atoms with Crippen molar-refractivity contribution in [1.29, 1.82) is 0 Å². The molecule has 0 radical (unpaired) electrons. The zero-order chi connectivity index (χ0) is 17.3. The maximum Gasteiger partial charge on any atom is 0.306 e. The fourth-order valence-electron chi connectivity index (χ4n) is 2.97. The van der Waals surface area contributed by atoms with Crippen molar-refractivity contribution in [3.05, 3.63) is 64.0 Å². The molecule has 1 heterocycles. The fourth-order valence-corrected chi connectivity index (χ4v) is 2.97. The third kappa shape index (κ3) is 2.92. The van der Waals surface area contributed by atoms with Gasteiger partial charge in [-0.15, -0.1) is 0 Å². The molecule has 7 heteroatoms. The molecular weight excluding hydrogens is 313 g/mol. The predicted molar refractivity (Wildman–Crippen MR) is 88.6 cm³/mol. The summed E-state index contributed by atoms with van der Waals surface area (Å²) in [7, 11) is 0. The predicted octanol–water partition coefficient (Wildman–Crippen LogP) is 3.12. The number of nitro benzene ring substituents is 1. The quantitative estimate of drug-likeness (QED) is 0.691. The first-order chi connectivity index (χ1) is 11.5. The monoisotopic (exact) mass is 329 g/mol. The molecule has 0 fully saturated rings. The van der Waals surface area contributed by atoms with Gasteiger partial charge in [0.25, 0.3) is 0 Å². The molecular formula is C17H16FN3O3. The Balaban J connectivity index is 1.73. The van der Waals surface area contributed by atoms with Crippen LogP contribution in [0.4, 0.5) is 21.5 Å². The maximum atomic E-state index is 13.3. The van der Waals surface area contributed by atoms with E-state index in [0.717, 1.165) is 29.8 Å². The number of nitro groups is 1. The third-order valence-corrected chi connectivity index (χ3v) is 4.06. The first-order valence-corrected chi connectivity index (χ1v) is 7.55. The molecule has 0 bridgehead atoms. The molecule has 1 aliphatic heterocycles. The van der Waals surface area contributed by atoms with E-state index in [2.05, 4.69) is 5.32 Å². The Morgan fingerprint density at radius 2 is 2.12 bits per heavy atom. The lowest BCUT2D eigenvalue weighted by atomic mass is 10.1. The second kappa shape index (κ2) is 6.27. The van der Waals surface area contributed by atoms with E-state index in [1.54, 1.807) is 4.90 Å². The summed E-state index contributed by atoms with van der Waals surface area (Å²) in [6, 6.07) is 11.2. The smallest absolute Gasteiger partial charge is 0.306 e. The van der Waals surface area contributed by atoms with Gasteiger partial charge < -0.3 is 10.2 Å². The molecule has 1 atom stereocenters. The van der Waals surface area contributed by atoms with Crippen molar-refractivity contribution in [2.24, 2.45) is 0 Å². The number of carbonyl (C=O) groups is 1. The van der Waals surface area contributed by atoms with Gasteiger partial charge in [-0.25, -0.2) is 0 Å². The molecule has 2 aromatic rings. The lowest BCUT2D eigenvalue weighted by Crippen LogP contribution is -2.39. The van der Waals surface area contributed by atoms with Crippen molar-refractivity contribution in [3.8, 4) is 0 Å². The number of nitrogens with zero attached hydrogens (tertiary/aromatic N) is 2. The van der Waals surface area contributed by atoms with Gasteiger partial charge in [-0.3, -0.25) is 14.9 Å². The van der Waals surface area contributed by atoms with E-state index in [4.69, 9.17) is 0 Å². The summed E-state index contributed by atoms with van der Waals surface area (Å²) in [5, 5.41) is 13.6. The minimum absolute atomic E-state index is 0.0263. The van der Waals surface area contributed by atoms with Crippen molar-refractivity contribution in [1.82, 2.24) is 0 Å². The number of hydrogen-bond donors (Lipinski definition) is 1. The summed E-state index contributed by atoms with van der Waals surface area (Å²) < 4.78 is 13.3. The van der Waals surface area contributed by atoms with Crippen LogP contribution >= 0.6 is 0 Å². The largest absolute Gasteiger partial charge is 0.376 e. The summed E-state index contributed by atoms with van der Waals surface area (Å²) in [5.74, 6) is -1.04. The molecule has 0 aromatic heterocycles. The number of halogens is 1. The van der Waals surface area contributed by atoms with Crippen molar-refractivity contribution >= 4 is 23.0 Å². The Hall–Kier alpha value is -2.96. The molecule has 0 saturated carbocycles. The second-order valence-electron chi connectivity index (χ2n) is 5.72. The minimum atomic E-state index is -0.904. The summed E-state index contributed by atoms with van der Waals surface area (Å²) in [6.07, 6.45) is 0.796. The van der Waals surface area contributed by atoms with Gasteiger partial charge in [-0.2, -0.15) is 4.39 Å². The Bertz CT molecular complexity index is 809. The summed E-state index contributed by atoms with van der Waals surface area (Å²) in [6.45, 7) is 1.95. The summed E-state index contributed by atoms with van der Waals surface area (Å²) in [4.78, 5) is 24.2. The van der Waals surface area contributed by atoms with Crippen LogP contribution in [0, 0.1) is 15.9 Å². The van der Waals surface area contributed by atoms with Crippen LogP contribution in [0.2, 0.25) is 0 Å². The molecule has 0 spiro atoms. The van der Waals surface area contributed by atoms with Crippen molar-refractivity contribution in [2.45, 2.75) is 19.4 Å². The molecule has 0 saturated heterocycles. The zero-order valence-electron chi connectivity index (χ0n) is 13.0. The summed E-state index contributed by atoms with van der Waals surface area (Å²) in [5.41, 5.74) is 1.72. The van der Waals surface area contributed by atoms with Crippen LogP contribution in [0.3, 0.4) is 0 Å². The van der Waals surface area contributed by atoms with Crippen molar-refractivity contribution in [3.63, 3.8) is 0 Å². The Morgan fingerprint density at radius 1 is 1.38 bits per heavy atom. The van der Waals surface area contributed by atoms with Gasteiger partial charge in [-0.1, -0.05) is 18.2 Å². The van der Waals surface area contributed by atoms with E-state index in [9.17, 15) is 19.3 Å². The van der Waals surface area contributed by atoms with Crippen molar-refractivity contribution in [2.75, 3.05) is 16.8 Å². The zero-order valence-corrected chi connectivity index (χ0v) is 13.0. The van der Waals surface area contributed by atoms with Crippen LogP contribution in [-0.2, 0) is 11.2 Å². The molecule has 124 valence electrons. The highest BCUT2D eigenvalue weighted by molar-refractivity contribution is 5.98. The first kappa shape index (κ1) is 15.9. The standard InChI is InChI=1S/C17H16FN3O3/c1-11-8-12-4-2-3-5-15(12)20(11)17(22)10-19-13-6-7-14(18)16(9-13)21(23)24/h2-7,9,11,19H,8,10H2,1H3/t11-/m1/s1. The lowest BCUT2D eigenvalue weighted by molar-refractivity contribution is -0.387. The van der Waals surface area contributed by atoms with E-state index in [1.807, 2.05) is 31.2 Å². The Labute approximate surface area is 138 Å². The Morgan fingerprint density at radius 3 is 2.88 bits per heavy atom. The van der Waals surface area contributed by atoms with Gasteiger partial charge in [0, 0.05) is 23.5 Å². The average molecular weight is 329 g/mol. The number of rotatable bonds is 4. The third-order valence-electron chi connectivity index (χ3n) is 4.06. The van der Waals surface area contributed by atoms with E-state index >= 15 is 0 Å². The Kier molecular flexibility index (Phi) is 4.16. The van der Waals surface area contributed by atoms with E-state index in [0.29, 0.717) is 5.69 Å². The number of benzene rings is 2. The van der Waals surface area contributed by atoms with E-state index < -0.39 is 16.4 Å². The van der Waals surface area contributed by atoms with Crippen LogP contribution in [-0.4, -0.2) is 23.4 Å². The normalized spacial score (nSPS) is 15.9. The van der Waals surface area contributed by atoms with Gasteiger partial charge >= 0.3 is 5.69 Å². The number of fused-ring (bicyclic) bond motifs is 1. The minimum Gasteiger partial charge on any atom is -0.376 e. The number of para-hydroxylation sites is 1. The number of amides is 1. The van der Waals surface area contributed by atoms with Crippen molar-refractivity contribution < 1.29 is 14.1 Å². The molecule has 2 aromatic carbocycles. The van der Waals surface area contributed by atoms with Gasteiger partial charge in [0.2, 0.25) is 11.7 Å². The molecule has 3 rings (SSSR count). The number of anilines is 2. The van der Waals surface area contributed by atoms with Crippen LogP contribution in [0.5, 0.6) is 0 Å². The molecule has 0 aliphatic carbocycles. The topological polar surface area (TPSA) is 75.5 Å². The van der Waals surface area contributed by atoms with Gasteiger partial charge in [0.05, 0.1) is 11.5 Å². The molecule has 1 amide bonds. The highest BCUT2D eigenvalue weighted by Gasteiger charge is 2.30. The molecule has 24 heavy (non-hydrogen) atoms. The lowest BCUT2D eigenvalue weighted by Gasteiger charge is -2.23. The molecule has 6 nitrogen and oxygen atoms in total. The molecule has 0 unspecified atom stereocenters. The highest BCUT2D eigenvalue weighted by atomic mass is 19.1. The van der Waals surface area contributed by atoms with Crippen LogP contribution in [0.25, 0.3) is 0 Å². The average Bonchev–Trinajstić information content (AvgIpc) is 2.89. The maximum absolute atomic E-state index is 13.3. The van der Waals surface area contributed by atoms with E-state index in [1.165, 1.54) is 6.07 Å². The SMILES string of the molecule is C[C@@H]1Cc2ccccc2N1C(=O)CNc1ccc(F)c([N+](=O)[O-])c1. The summed E-state index contributed by atoms with van der Waals surface area (Å²) >= 11 is 0. The fraction of sp³-hybridized carbons (Fsp3) is 0.235. The van der Waals surface area contributed by atoms with Crippen LogP contribution in [0.1, 0.15) is 12.5 Å². The number of nitrogens with one attached hydrogen (secondary N) is 1. The second-order valence-corrected chi connectivity index (χ2v) is 5.72. The molecule has 1 N–H and O–H groups in total. The van der Waals surface area contributed by atoms with Gasteiger partial charge in [-0.05, 0) is 37.1 Å². The van der Waals surface area contributed by atoms with Crippen LogP contribution in [0.15, 0.2) is 42.5 Å². The van der Waals surface area contributed by atoms with E-state index in [-0.39, 0.29) is 18.5 Å². The first-order valence-electron chi connectivity index (χ1n) is 7.55. The molecule has 1 aliphatic rings. The van der Waals surface area contributed by atoms with Gasteiger partial charge in [0.15, 0.2) is 0 Å².